The minimum absolute atomic E-state index is 0.783. The molecule has 1 rings (SSSR count). The number of hydrogen-bond donors (Lipinski definition) is 1. The summed E-state index contributed by atoms with van der Waals surface area (Å²) in [5, 5.41) is 3.53. The van der Waals surface area contributed by atoms with E-state index in [9.17, 15) is 0 Å². The van der Waals surface area contributed by atoms with Crippen molar-refractivity contribution in [2.24, 2.45) is 11.8 Å². The van der Waals surface area contributed by atoms with Crippen LogP contribution in [0.2, 0.25) is 0 Å². The summed E-state index contributed by atoms with van der Waals surface area (Å²) < 4.78 is 0. The van der Waals surface area contributed by atoms with Gasteiger partial charge >= 0.3 is 0 Å². The lowest BCUT2D eigenvalue weighted by Gasteiger charge is -2.31. The molecule has 0 aromatic carbocycles. The second-order valence-electron chi connectivity index (χ2n) is 6.71. The molecule has 1 aliphatic rings. The highest BCUT2D eigenvalue weighted by molar-refractivity contribution is 4.71. The second-order valence-corrected chi connectivity index (χ2v) is 6.71. The molecule has 19 heavy (non-hydrogen) atoms. The third-order valence-corrected chi connectivity index (χ3v) is 4.41. The fraction of sp³-hybridized carbons (Fsp3) is 1.00. The average molecular weight is 268 g/mol. The molecule has 114 valence electrons. The first-order chi connectivity index (χ1) is 9.22. The maximum Gasteiger partial charge on any atom is -0.00161 e. The molecule has 0 aliphatic carbocycles. The van der Waals surface area contributed by atoms with Gasteiger partial charge in [0.25, 0.3) is 0 Å². The molecular weight excluding hydrogens is 232 g/mol. The van der Waals surface area contributed by atoms with Gasteiger partial charge in [-0.05, 0) is 70.2 Å². The Morgan fingerprint density at radius 1 is 1.05 bits per heavy atom. The summed E-state index contributed by atoms with van der Waals surface area (Å²) in [5.74, 6) is 1.80. The zero-order valence-corrected chi connectivity index (χ0v) is 13.6. The summed E-state index contributed by atoms with van der Waals surface area (Å²) in [6.07, 6.45) is 9.83. The zero-order valence-electron chi connectivity index (χ0n) is 13.6. The van der Waals surface area contributed by atoms with Crippen molar-refractivity contribution in [3.63, 3.8) is 0 Å². The van der Waals surface area contributed by atoms with Crippen molar-refractivity contribution >= 4 is 0 Å². The van der Waals surface area contributed by atoms with Crippen LogP contribution in [0.25, 0.3) is 0 Å². The van der Waals surface area contributed by atoms with Gasteiger partial charge in [-0.1, -0.05) is 40.0 Å². The number of rotatable bonds is 10. The normalized spacial score (nSPS) is 18.3. The lowest BCUT2D eigenvalue weighted by atomic mass is 9.94. The molecule has 0 radical (unpaired) electrons. The monoisotopic (exact) mass is 268 g/mol. The average Bonchev–Trinajstić information content (AvgIpc) is 2.42. The predicted octanol–water partition coefficient (Wildman–Crippen LogP) is 3.91. The van der Waals surface area contributed by atoms with Crippen LogP contribution in [0.5, 0.6) is 0 Å². The highest BCUT2D eigenvalue weighted by Crippen LogP contribution is 2.20. The van der Waals surface area contributed by atoms with Gasteiger partial charge in [-0.2, -0.15) is 0 Å². The van der Waals surface area contributed by atoms with E-state index in [1.165, 1.54) is 77.7 Å². The minimum atomic E-state index is 0.783. The van der Waals surface area contributed by atoms with Gasteiger partial charge in [0, 0.05) is 0 Å². The largest absolute Gasteiger partial charge is 0.316 e. The Morgan fingerprint density at radius 2 is 1.74 bits per heavy atom. The number of piperidine rings is 1. The van der Waals surface area contributed by atoms with Crippen LogP contribution in [0.1, 0.15) is 65.7 Å². The van der Waals surface area contributed by atoms with Gasteiger partial charge in [0.2, 0.25) is 0 Å². The molecule has 1 fully saturated rings. The number of nitrogens with zero attached hydrogens (tertiary/aromatic N) is 1. The van der Waals surface area contributed by atoms with Crippen LogP contribution < -0.4 is 5.32 Å². The van der Waals surface area contributed by atoms with Crippen molar-refractivity contribution in [1.29, 1.82) is 0 Å². The maximum absolute atomic E-state index is 3.53. The molecule has 2 heteroatoms. The standard InChI is InChI=1S/C17H36N2/c1-4-17-9-13-19(14-10-17)12-8-6-5-7-11-18-15-16(2)3/h16-18H,4-15H2,1-3H3. The molecule has 0 amide bonds. The van der Waals surface area contributed by atoms with Crippen LogP contribution in [-0.4, -0.2) is 37.6 Å². The Hall–Kier alpha value is -0.0800. The van der Waals surface area contributed by atoms with Crippen LogP contribution in [0.4, 0.5) is 0 Å². The Morgan fingerprint density at radius 3 is 2.37 bits per heavy atom. The molecule has 0 saturated carbocycles. The molecule has 1 heterocycles. The molecule has 0 unspecified atom stereocenters. The highest BCUT2D eigenvalue weighted by atomic mass is 15.1. The summed E-state index contributed by atoms with van der Waals surface area (Å²) in [4.78, 5) is 2.68. The topological polar surface area (TPSA) is 15.3 Å². The summed E-state index contributed by atoms with van der Waals surface area (Å²) in [5.41, 5.74) is 0. The minimum Gasteiger partial charge on any atom is -0.316 e. The van der Waals surface area contributed by atoms with Gasteiger partial charge in [0.05, 0.1) is 0 Å². The first-order valence-electron chi connectivity index (χ1n) is 8.65. The smallest absolute Gasteiger partial charge is 0.00161 e. The van der Waals surface area contributed by atoms with Crippen molar-refractivity contribution in [3.05, 3.63) is 0 Å². The second kappa shape index (κ2) is 10.7. The van der Waals surface area contributed by atoms with Crippen molar-refractivity contribution in [2.75, 3.05) is 32.7 Å². The summed E-state index contributed by atoms with van der Waals surface area (Å²) in [7, 11) is 0. The van der Waals surface area contributed by atoms with E-state index in [0.29, 0.717) is 0 Å². The Bertz CT molecular complexity index is 195. The SMILES string of the molecule is CCC1CCN(CCCCCCNCC(C)C)CC1. The Labute approximate surface area is 121 Å². The van der Waals surface area contributed by atoms with Crippen LogP contribution >= 0.6 is 0 Å². The third-order valence-electron chi connectivity index (χ3n) is 4.41. The third kappa shape index (κ3) is 8.65. The predicted molar refractivity (Wildman–Crippen MR) is 85.6 cm³/mol. The summed E-state index contributed by atoms with van der Waals surface area (Å²) in [6, 6.07) is 0. The lowest BCUT2D eigenvalue weighted by molar-refractivity contribution is 0.179. The van der Waals surface area contributed by atoms with Crippen LogP contribution in [0.3, 0.4) is 0 Å². The van der Waals surface area contributed by atoms with Gasteiger partial charge in [0.1, 0.15) is 0 Å². The van der Waals surface area contributed by atoms with Crippen LogP contribution in [0.15, 0.2) is 0 Å². The van der Waals surface area contributed by atoms with Crippen molar-refractivity contribution in [3.8, 4) is 0 Å². The molecular formula is C17H36N2. The molecule has 0 aromatic rings. The quantitative estimate of drug-likeness (QED) is 0.604. The van der Waals surface area contributed by atoms with E-state index in [1.807, 2.05) is 0 Å². The van der Waals surface area contributed by atoms with E-state index in [-0.39, 0.29) is 0 Å². The molecule has 0 aromatic heterocycles. The molecule has 1 N–H and O–H groups in total. The number of likely N-dealkylation sites (tertiary alicyclic amines) is 1. The lowest BCUT2D eigenvalue weighted by Crippen LogP contribution is -2.34. The maximum atomic E-state index is 3.53. The molecule has 0 bridgehead atoms. The first-order valence-corrected chi connectivity index (χ1v) is 8.65. The van der Waals surface area contributed by atoms with E-state index in [0.717, 1.165) is 11.8 Å². The van der Waals surface area contributed by atoms with Gasteiger partial charge < -0.3 is 10.2 Å². The number of nitrogens with one attached hydrogen (secondary N) is 1. The Balaban J connectivity index is 1.83. The van der Waals surface area contributed by atoms with Crippen molar-refractivity contribution < 1.29 is 0 Å². The molecule has 0 atom stereocenters. The van der Waals surface area contributed by atoms with Crippen LogP contribution in [-0.2, 0) is 0 Å². The first kappa shape index (κ1) is 17.0. The van der Waals surface area contributed by atoms with Gasteiger partial charge in [-0.3, -0.25) is 0 Å². The van der Waals surface area contributed by atoms with Gasteiger partial charge in [-0.15, -0.1) is 0 Å². The van der Waals surface area contributed by atoms with E-state index in [4.69, 9.17) is 0 Å². The summed E-state index contributed by atoms with van der Waals surface area (Å²) >= 11 is 0. The van der Waals surface area contributed by atoms with E-state index in [1.54, 1.807) is 0 Å². The number of hydrogen-bond acceptors (Lipinski definition) is 2. The van der Waals surface area contributed by atoms with Crippen LogP contribution in [0, 0.1) is 11.8 Å². The fourth-order valence-corrected chi connectivity index (χ4v) is 2.95. The van der Waals surface area contributed by atoms with Crippen molar-refractivity contribution in [1.82, 2.24) is 10.2 Å². The summed E-state index contributed by atoms with van der Waals surface area (Å²) in [6.45, 7) is 13.3. The van der Waals surface area contributed by atoms with E-state index < -0.39 is 0 Å². The fourth-order valence-electron chi connectivity index (χ4n) is 2.95. The molecule has 1 aliphatic heterocycles. The van der Waals surface area contributed by atoms with Gasteiger partial charge in [0.15, 0.2) is 0 Å². The highest BCUT2D eigenvalue weighted by Gasteiger charge is 2.16. The molecule has 2 nitrogen and oxygen atoms in total. The Kier molecular flexibility index (Phi) is 9.54. The van der Waals surface area contributed by atoms with E-state index in [2.05, 4.69) is 31.0 Å². The molecule has 0 spiro atoms. The van der Waals surface area contributed by atoms with E-state index >= 15 is 0 Å². The van der Waals surface area contributed by atoms with Crippen molar-refractivity contribution in [2.45, 2.75) is 65.7 Å². The number of unbranched alkanes of at least 4 members (excludes halogenated alkanes) is 3. The molecule has 1 saturated heterocycles. The zero-order chi connectivity index (χ0) is 13.9. The van der Waals surface area contributed by atoms with Gasteiger partial charge in [-0.25, -0.2) is 0 Å².